The summed E-state index contributed by atoms with van der Waals surface area (Å²) in [6, 6.07) is 5.43. The topological polar surface area (TPSA) is 12.0 Å². The van der Waals surface area contributed by atoms with Crippen molar-refractivity contribution in [3.63, 3.8) is 0 Å². The summed E-state index contributed by atoms with van der Waals surface area (Å²) in [5.41, 5.74) is 3.36. The van der Waals surface area contributed by atoms with Gasteiger partial charge in [-0.3, -0.25) is 0 Å². The molecule has 2 rings (SSSR count). The van der Waals surface area contributed by atoms with Crippen LogP contribution in [-0.2, 0) is 0 Å². The van der Waals surface area contributed by atoms with Gasteiger partial charge in [-0.25, -0.2) is 4.39 Å². The molecule has 0 radical (unpaired) electrons. The lowest BCUT2D eigenvalue weighted by Crippen LogP contribution is -2.23. The molecule has 0 unspecified atom stereocenters. The predicted molar refractivity (Wildman–Crippen MR) is 88.8 cm³/mol. The van der Waals surface area contributed by atoms with Crippen LogP contribution in [0.3, 0.4) is 0 Å². The van der Waals surface area contributed by atoms with E-state index in [2.05, 4.69) is 18.3 Å². The summed E-state index contributed by atoms with van der Waals surface area (Å²) in [6.45, 7) is 6.06. The van der Waals surface area contributed by atoms with Crippen LogP contribution in [0.4, 0.5) is 4.39 Å². The third kappa shape index (κ3) is 4.96. The minimum Gasteiger partial charge on any atom is -0.313 e. The first kappa shape index (κ1) is 16.2. The first-order chi connectivity index (χ1) is 10.2. The van der Waals surface area contributed by atoms with Crippen LogP contribution in [0.5, 0.6) is 0 Å². The van der Waals surface area contributed by atoms with Crippen LogP contribution < -0.4 is 5.32 Å². The van der Waals surface area contributed by atoms with Crippen molar-refractivity contribution in [1.82, 2.24) is 5.32 Å². The van der Waals surface area contributed by atoms with Gasteiger partial charge in [0.05, 0.1) is 0 Å². The van der Waals surface area contributed by atoms with Crippen LogP contribution in [0, 0.1) is 18.7 Å². The molecule has 1 fully saturated rings. The first-order valence-electron chi connectivity index (χ1n) is 8.38. The highest BCUT2D eigenvalue weighted by molar-refractivity contribution is 5.55. The molecule has 1 aliphatic carbocycles. The van der Waals surface area contributed by atoms with Crippen molar-refractivity contribution in [3.8, 4) is 0 Å². The van der Waals surface area contributed by atoms with Gasteiger partial charge < -0.3 is 5.32 Å². The van der Waals surface area contributed by atoms with Gasteiger partial charge in [-0.2, -0.15) is 0 Å². The zero-order valence-corrected chi connectivity index (χ0v) is 13.4. The lowest BCUT2D eigenvalue weighted by atomic mass is 9.83. The van der Waals surface area contributed by atoms with E-state index in [-0.39, 0.29) is 5.82 Å². The van der Waals surface area contributed by atoms with Crippen molar-refractivity contribution in [2.45, 2.75) is 52.4 Å². The average molecular weight is 289 g/mol. The van der Waals surface area contributed by atoms with Gasteiger partial charge in [0, 0.05) is 6.54 Å². The van der Waals surface area contributed by atoms with Gasteiger partial charge in [0.1, 0.15) is 5.82 Å². The fourth-order valence-corrected chi connectivity index (χ4v) is 3.17. The van der Waals surface area contributed by atoms with E-state index in [4.69, 9.17) is 0 Å². The highest BCUT2D eigenvalue weighted by Gasteiger charge is 2.17. The minimum absolute atomic E-state index is 0.115. The lowest BCUT2D eigenvalue weighted by molar-refractivity contribution is 0.396. The van der Waals surface area contributed by atoms with E-state index in [1.54, 1.807) is 6.07 Å². The number of halogens is 1. The Kier molecular flexibility index (Phi) is 6.44. The smallest absolute Gasteiger partial charge is 0.126 e. The fraction of sp³-hybridized carbons (Fsp3) is 0.579. The Morgan fingerprint density at radius 3 is 2.71 bits per heavy atom. The number of benzene rings is 1. The normalized spacial score (nSPS) is 17.2. The van der Waals surface area contributed by atoms with E-state index in [0.717, 1.165) is 30.6 Å². The molecule has 0 amide bonds. The summed E-state index contributed by atoms with van der Waals surface area (Å²) >= 11 is 0. The molecule has 21 heavy (non-hydrogen) atoms. The standard InChI is InChI=1S/C19H28FN/c1-3-11-21-14-18(17-7-5-4-6-8-17)13-16-9-10-19(20)15(2)12-16/h9-10,12-13,17,21H,3-8,11,14H2,1-2H3/b18-13-. The van der Waals surface area contributed by atoms with Crippen molar-refractivity contribution < 1.29 is 4.39 Å². The second-order valence-corrected chi connectivity index (χ2v) is 6.24. The molecule has 0 heterocycles. The molecule has 116 valence electrons. The molecule has 1 N–H and O–H groups in total. The number of rotatable bonds is 6. The summed E-state index contributed by atoms with van der Waals surface area (Å²) in [4.78, 5) is 0. The third-order valence-corrected chi connectivity index (χ3v) is 4.42. The molecule has 0 bridgehead atoms. The molecule has 0 spiro atoms. The van der Waals surface area contributed by atoms with Gasteiger partial charge in [-0.1, -0.05) is 43.9 Å². The molecule has 1 aliphatic rings. The Labute approximate surface area is 128 Å². The van der Waals surface area contributed by atoms with Crippen molar-refractivity contribution in [1.29, 1.82) is 0 Å². The average Bonchev–Trinajstić information content (AvgIpc) is 2.51. The van der Waals surface area contributed by atoms with Crippen molar-refractivity contribution in [2.75, 3.05) is 13.1 Å². The Morgan fingerprint density at radius 2 is 2.05 bits per heavy atom. The minimum atomic E-state index is -0.115. The van der Waals surface area contributed by atoms with Crippen LogP contribution in [0.2, 0.25) is 0 Å². The summed E-state index contributed by atoms with van der Waals surface area (Å²) in [6.07, 6.45) is 10.1. The van der Waals surface area contributed by atoms with Gasteiger partial charge in [-0.15, -0.1) is 0 Å². The van der Waals surface area contributed by atoms with Crippen molar-refractivity contribution in [3.05, 3.63) is 40.7 Å². The molecule has 2 heteroatoms. The summed E-state index contributed by atoms with van der Waals surface area (Å²) in [5.74, 6) is 0.587. The number of hydrogen-bond donors (Lipinski definition) is 1. The van der Waals surface area contributed by atoms with Gasteiger partial charge >= 0.3 is 0 Å². The second-order valence-electron chi connectivity index (χ2n) is 6.24. The van der Waals surface area contributed by atoms with E-state index in [1.165, 1.54) is 37.7 Å². The number of hydrogen-bond acceptors (Lipinski definition) is 1. The Morgan fingerprint density at radius 1 is 1.29 bits per heavy atom. The zero-order valence-electron chi connectivity index (χ0n) is 13.4. The zero-order chi connectivity index (χ0) is 15.1. The van der Waals surface area contributed by atoms with Gasteiger partial charge in [-0.05, 0) is 61.9 Å². The molecule has 1 saturated carbocycles. The summed E-state index contributed by atoms with van der Waals surface area (Å²) < 4.78 is 13.4. The van der Waals surface area contributed by atoms with E-state index in [9.17, 15) is 4.39 Å². The maximum atomic E-state index is 13.4. The highest BCUT2D eigenvalue weighted by Crippen LogP contribution is 2.30. The molecular weight excluding hydrogens is 261 g/mol. The Bertz CT molecular complexity index is 472. The van der Waals surface area contributed by atoms with Gasteiger partial charge in [0.2, 0.25) is 0 Å². The lowest BCUT2D eigenvalue weighted by Gasteiger charge is -2.25. The molecule has 1 aromatic carbocycles. The van der Waals surface area contributed by atoms with Crippen molar-refractivity contribution >= 4 is 6.08 Å². The van der Waals surface area contributed by atoms with Crippen LogP contribution >= 0.6 is 0 Å². The molecule has 0 aliphatic heterocycles. The van der Waals surface area contributed by atoms with Crippen LogP contribution in [0.15, 0.2) is 23.8 Å². The Balaban J connectivity index is 2.15. The summed E-state index contributed by atoms with van der Waals surface area (Å²) in [7, 11) is 0. The highest BCUT2D eigenvalue weighted by atomic mass is 19.1. The molecule has 0 aromatic heterocycles. The monoisotopic (exact) mass is 289 g/mol. The second kappa shape index (κ2) is 8.33. The largest absolute Gasteiger partial charge is 0.313 e. The molecular formula is C19H28FN. The third-order valence-electron chi connectivity index (χ3n) is 4.42. The molecule has 0 atom stereocenters. The number of aryl methyl sites for hydroxylation is 1. The maximum absolute atomic E-state index is 13.4. The quantitative estimate of drug-likeness (QED) is 0.719. The van der Waals surface area contributed by atoms with Crippen molar-refractivity contribution in [2.24, 2.45) is 5.92 Å². The number of nitrogens with one attached hydrogen (secondary N) is 1. The fourth-order valence-electron chi connectivity index (χ4n) is 3.17. The van der Waals surface area contributed by atoms with E-state index in [1.807, 2.05) is 19.1 Å². The molecule has 1 nitrogen and oxygen atoms in total. The van der Waals surface area contributed by atoms with E-state index >= 15 is 0 Å². The Hall–Kier alpha value is -1.15. The van der Waals surface area contributed by atoms with Gasteiger partial charge in [0.15, 0.2) is 0 Å². The van der Waals surface area contributed by atoms with Crippen LogP contribution in [0.25, 0.3) is 6.08 Å². The first-order valence-corrected chi connectivity index (χ1v) is 8.38. The van der Waals surface area contributed by atoms with Crippen LogP contribution in [-0.4, -0.2) is 13.1 Å². The van der Waals surface area contributed by atoms with Crippen LogP contribution in [0.1, 0.15) is 56.6 Å². The maximum Gasteiger partial charge on any atom is 0.126 e. The van der Waals surface area contributed by atoms with E-state index < -0.39 is 0 Å². The predicted octanol–water partition coefficient (Wildman–Crippen LogP) is 5.10. The molecule has 1 aromatic rings. The molecule has 0 saturated heterocycles. The summed E-state index contributed by atoms with van der Waals surface area (Å²) in [5, 5.41) is 3.54. The van der Waals surface area contributed by atoms with E-state index in [0.29, 0.717) is 5.92 Å². The van der Waals surface area contributed by atoms with Gasteiger partial charge in [0.25, 0.3) is 0 Å². The SMILES string of the molecule is CCCNC/C(=C/c1ccc(F)c(C)c1)C1CCCCC1.